The average Bonchev–Trinajstić information content (AvgIpc) is 3.24. The van der Waals surface area contributed by atoms with Crippen LogP contribution in [0, 0.1) is 5.92 Å². The molecule has 3 rings (SSSR count). The molecule has 2 aromatic heterocycles. The summed E-state index contributed by atoms with van der Waals surface area (Å²) in [6.45, 7) is 5.35. The zero-order valence-corrected chi connectivity index (χ0v) is 13.3. The van der Waals surface area contributed by atoms with Crippen LogP contribution in [0.5, 0.6) is 0 Å². The Labute approximate surface area is 134 Å². The van der Waals surface area contributed by atoms with Crippen molar-refractivity contribution in [2.24, 2.45) is 5.92 Å². The summed E-state index contributed by atoms with van der Waals surface area (Å²) in [4.78, 5) is 16.8. The number of furan rings is 1. The molecule has 1 amide bonds. The summed E-state index contributed by atoms with van der Waals surface area (Å²) in [6, 6.07) is 1.31. The number of carbonyl (C=O) groups excluding carboxylic acids is 1. The topological polar surface area (TPSA) is 90.4 Å². The highest BCUT2D eigenvalue weighted by Crippen LogP contribution is 2.30. The van der Waals surface area contributed by atoms with E-state index in [0.29, 0.717) is 30.5 Å². The van der Waals surface area contributed by atoms with Crippen molar-refractivity contribution in [1.29, 1.82) is 0 Å². The maximum absolute atomic E-state index is 12.4. The summed E-state index contributed by atoms with van der Waals surface area (Å²) in [6.07, 6.45) is 4.58. The molecular weight excluding hydrogens is 298 g/mol. The highest BCUT2D eigenvalue weighted by Gasteiger charge is 2.32. The standard InChI is InChI=1S/C16H21N3O4/c1-10(2)14-18-16(23-19-14)13(11-3-6-21-7-4-11)17-15(20)12-5-8-22-9-12/h5,8-11,13H,3-4,6-7H2,1-2H3,(H,17,20)/t13-/m0/s1. The molecule has 2 aromatic rings. The third-order valence-corrected chi connectivity index (χ3v) is 4.05. The van der Waals surface area contributed by atoms with E-state index in [1.54, 1.807) is 6.07 Å². The molecule has 3 heterocycles. The van der Waals surface area contributed by atoms with Crippen LogP contribution in [0.25, 0.3) is 0 Å². The van der Waals surface area contributed by atoms with Crippen LogP contribution in [0.2, 0.25) is 0 Å². The van der Waals surface area contributed by atoms with E-state index in [9.17, 15) is 4.79 Å². The molecule has 1 saturated heterocycles. The highest BCUT2D eigenvalue weighted by atomic mass is 16.5. The van der Waals surface area contributed by atoms with Crippen molar-refractivity contribution in [3.05, 3.63) is 35.9 Å². The molecule has 1 aliphatic heterocycles. The molecule has 7 heteroatoms. The van der Waals surface area contributed by atoms with Crippen molar-refractivity contribution in [2.45, 2.75) is 38.6 Å². The minimum Gasteiger partial charge on any atom is -0.472 e. The first-order chi connectivity index (χ1) is 11.1. The van der Waals surface area contributed by atoms with Gasteiger partial charge in [-0.1, -0.05) is 19.0 Å². The average molecular weight is 319 g/mol. The van der Waals surface area contributed by atoms with Crippen LogP contribution >= 0.6 is 0 Å². The lowest BCUT2D eigenvalue weighted by Gasteiger charge is -2.28. The maximum Gasteiger partial charge on any atom is 0.255 e. The minimum atomic E-state index is -0.318. The fourth-order valence-electron chi connectivity index (χ4n) is 2.66. The Morgan fingerprint density at radius 1 is 1.35 bits per heavy atom. The second-order valence-electron chi connectivity index (χ2n) is 6.06. The smallest absolute Gasteiger partial charge is 0.255 e. The van der Waals surface area contributed by atoms with E-state index in [-0.39, 0.29) is 23.8 Å². The van der Waals surface area contributed by atoms with Gasteiger partial charge in [-0.15, -0.1) is 0 Å². The van der Waals surface area contributed by atoms with Crippen LogP contribution in [-0.2, 0) is 4.74 Å². The molecular formula is C16H21N3O4. The quantitative estimate of drug-likeness (QED) is 0.911. The Kier molecular flexibility index (Phi) is 4.76. The number of hydrogen-bond acceptors (Lipinski definition) is 6. The molecule has 0 aliphatic carbocycles. The van der Waals surface area contributed by atoms with Gasteiger partial charge in [0.25, 0.3) is 5.91 Å². The first kappa shape index (κ1) is 15.7. The molecule has 1 aliphatic rings. The molecule has 0 aromatic carbocycles. The van der Waals surface area contributed by atoms with Crippen molar-refractivity contribution < 1.29 is 18.5 Å². The third kappa shape index (κ3) is 3.61. The largest absolute Gasteiger partial charge is 0.472 e. The van der Waals surface area contributed by atoms with E-state index in [0.717, 1.165) is 12.8 Å². The van der Waals surface area contributed by atoms with Crippen LogP contribution in [0.15, 0.2) is 27.5 Å². The van der Waals surface area contributed by atoms with E-state index in [1.807, 2.05) is 13.8 Å². The molecule has 1 fully saturated rings. The number of hydrogen-bond donors (Lipinski definition) is 1. The second kappa shape index (κ2) is 6.95. The van der Waals surface area contributed by atoms with Crippen LogP contribution in [0.4, 0.5) is 0 Å². The first-order valence-electron chi connectivity index (χ1n) is 7.89. The van der Waals surface area contributed by atoms with Gasteiger partial charge in [-0.2, -0.15) is 4.98 Å². The number of nitrogens with one attached hydrogen (secondary N) is 1. The van der Waals surface area contributed by atoms with Crippen molar-refractivity contribution in [2.75, 3.05) is 13.2 Å². The Bertz CT molecular complexity index is 630. The number of aromatic nitrogens is 2. The molecule has 0 spiro atoms. The first-order valence-corrected chi connectivity index (χ1v) is 7.89. The zero-order chi connectivity index (χ0) is 16.2. The monoisotopic (exact) mass is 319 g/mol. The fourth-order valence-corrected chi connectivity index (χ4v) is 2.66. The number of nitrogens with zero attached hydrogens (tertiary/aromatic N) is 2. The van der Waals surface area contributed by atoms with E-state index >= 15 is 0 Å². The van der Waals surface area contributed by atoms with Crippen LogP contribution in [-0.4, -0.2) is 29.3 Å². The predicted octanol–water partition coefficient (Wildman–Crippen LogP) is 2.68. The Balaban J connectivity index is 1.81. The molecule has 1 N–H and O–H groups in total. The van der Waals surface area contributed by atoms with Crippen molar-refractivity contribution in [3.63, 3.8) is 0 Å². The third-order valence-electron chi connectivity index (χ3n) is 4.05. The van der Waals surface area contributed by atoms with Crippen LogP contribution in [0.3, 0.4) is 0 Å². The summed E-state index contributed by atoms with van der Waals surface area (Å²) < 4.78 is 15.8. The van der Waals surface area contributed by atoms with Gasteiger partial charge in [0, 0.05) is 19.1 Å². The molecule has 0 unspecified atom stereocenters. The van der Waals surface area contributed by atoms with Crippen molar-refractivity contribution in [3.8, 4) is 0 Å². The number of ether oxygens (including phenoxy) is 1. The number of carbonyl (C=O) groups is 1. The van der Waals surface area contributed by atoms with Gasteiger partial charge < -0.3 is 19.0 Å². The van der Waals surface area contributed by atoms with Gasteiger partial charge >= 0.3 is 0 Å². The van der Waals surface area contributed by atoms with Crippen molar-refractivity contribution in [1.82, 2.24) is 15.5 Å². The van der Waals surface area contributed by atoms with Crippen LogP contribution < -0.4 is 5.32 Å². The number of amides is 1. The van der Waals surface area contributed by atoms with Crippen molar-refractivity contribution >= 4 is 5.91 Å². The second-order valence-corrected chi connectivity index (χ2v) is 6.06. The lowest BCUT2D eigenvalue weighted by molar-refractivity contribution is 0.0467. The van der Waals surface area contributed by atoms with Gasteiger partial charge in [-0.3, -0.25) is 4.79 Å². The summed E-state index contributed by atoms with van der Waals surface area (Å²) in [7, 11) is 0. The van der Waals surface area contributed by atoms with E-state index in [1.165, 1.54) is 12.5 Å². The molecule has 1 atom stereocenters. The lowest BCUT2D eigenvalue weighted by atomic mass is 9.91. The van der Waals surface area contributed by atoms with Gasteiger partial charge in [0.15, 0.2) is 5.82 Å². The van der Waals surface area contributed by atoms with Gasteiger partial charge in [-0.05, 0) is 24.8 Å². The summed E-state index contributed by atoms with van der Waals surface area (Å²) in [5, 5.41) is 7.02. The Hall–Kier alpha value is -2.15. The molecule has 124 valence electrons. The molecule has 0 radical (unpaired) electrons. The fraction of sp³-hybridized carbons (Fsp3) is 0.562. The maximum atomic E-state index is 12.4. The Morgan fingerprint density at radius 2 is 2.13 bits per heavy atom. The van der Waals surface area contributed by atoms with E-state index in [2.05, 4.69) is 15.5 Å². The molecule has 23 heavy (non-hydrogen) atoms. The predicted molar refractivity (Wildman–Crippen MR) is 80.8 cm³/mol. The van der Waals surface area contributed by atoms with Gasteiger partial charge in [0.1, 0.15) is 12.3 Å². The van der Waals surface area contributed by atoms with Gasteiger partial charge in [-0.25, -0.2) is 0 Å². The normalized spacial score (nSPS) is 17.3. The molecule has 7 nitrogen and oxygen atoms in total. The SMILES string of the molecule is CC(C)c1noc([C@@H](NC(=O)c2ccoc2)C2CCOCC2)n1. The summed E-state index contributed by atoms with van der Waals surface area (Å²) in [5.41, 5.74) is 0.477. The van der Waals surface area contributed by atoms with E-state index in [4.69, 9.17) is 13.7 Å². The van der Waals surface area contributed by atoms with Gasteiger partial charge in [0.05, 0.1) is 11.8 Å². The Morgan fingerprint density at radius 3 is 2.74 bits per heavy atom. The lowest BCUT2D eigenvalue weighted by Crippen LogP contribution is -2.36. The van der Waals surface area contributed by atoms with E-state index < -0.39 is 0 Å². The minimum absolute atomic E-state index is 0.174. The van der Waals surface area contributed by atoms with Gasteiger partial charge in [0.2, 0.25) is 5.89 Å². The number of rotatable bonds is 5. The van der Waals surface area contributed by atoms with Crippen LogP contribution in [0.1, 0.15) is 60.7 Å². The summed E-state index contributed by atoms with van der Waals surface area (Å²) in [5.74, 6) is 1.28. The zero-order valence-electron chi connectivity index (χ0n) is 13.3. The summed E-state index contributed by atoms with van der Waals surface area (Å²) >= 11 is 0. The molecule has 0 bridgehead atoms. The molecule has 0 saturated carbocycles. The highest BCUT2D eigenvalue weighted by molar-refractivity contribution is 5.93.